The van der Waals surface area contributed by atoms with Crippen LogP contribution in [0.4, 0.5) is 13.2 Å². The summed E-state index contributed by atoms with van der Waals surface area (Å²) in [7, 11) is 0. The molecule has 0 aliphatic heterocycles. The molecule has 3 aromatic rings. The van der Waals surface area contributed by atoms with Crippen molar-refractivity contribution < 1.29 is 18.3 Å². The summed E-state index contributed by atoms with van der Waals surface area (Å²) < 4.78 is 39.5. The Bertz CT molecular complexity index is 1110. The molecule has 0 atom stereocenters. The second kappa shape index (κ2) is 7.38. The Balaban J connectivity index is 1.38. The number of aromatic amines is 1. The van der Waals surface area contributed by atoms with E-state index in [1.165, 1.54) is 17.7 Å². The molecule has 33 heavy (non-hydrogen) atoms. The molecule has 4 aliphatic carbocycles. The van der Waals surface area contributed by atoms with Crippen LogP contribution in [0.5, 0.6) is 0 Å². The molecule has 4 saturated carbocycles. The summed E-state index contributed by atoms with van der Waals surface area (Å²) in [6.45, 7) is 0. The highest BCUT2D eigenvalue weighted by molar-refractivity contribution is 5.65. The molecular formula is C25H25F3N4O. The van der Waals surface area contributed by atoms with Crippen LogP contribution in [0.3, 0.4) is 0 Å². The number of aliphatic hydroxyl groups is 1. The molecule has 172 valence electrons. The zero-order chi connectivity index (χ0) is 22.8. The maximum absolute atomic E-state index is 13.2. The fourth-order valence-electron chi connectivity index (χ4n) is 7.19. The lowest BCUT2D eigenvalue weighted by Crippen LogP contribution is -2.61. The van der Waals surface area contributed by atoms with E-state index in [1.54, 1.807) is 6.07 Å². The van der Waals surface area contributed by atoms with Crippen molar-refractivity contribution in [2.24, 2.45) is 23.7 Å². The van der Waals surface area contributed by atoms with Gasteiger partial charge in [-0.3, -0.25) is 0 Å². The topological polar surface area (TPSA) is 74.7 Å². The molecular weight excluding hydrogens is 429 g/mol. The lowest BCUT2D eigenvalue weighted by atomic mass is 9.42. The van der Waals surface area contributed by atoms with Crippen LogP contribution >= 0.6 is 0 Å². The van der Waals surface area contributed by atoms with Crippen molar-refractivity contribution in [1.29, 1.82) is 0 Å². The second-order valence-corrected chi connectivity index (χ2v) is 10.0. The molecule has 1 heterocycles. The minimum atomic E-state index is -4.37. The third kappa shape index (κ3) is 3.29. The molecule has 4 aliphatic rings. The standard InChI is InChI=1S/C25H25F3N4O/c26-25(27,28)19-3-1-2-15(8-19)14-4-6-18(7-5-14)24(13-22-29-31-32-30-22)20-9-16-10-21(24)12-17(11-20)23(16)33/h1-8,16-17,20-21,23,33H,9-13H2,(H,29,30,31,32). The predicted octanol–water partition coefficient (Wildman–Crippen LogP) is 4.79. The van der Waals surface area contributed by atoms with Crippen molar-refractivity contribution in [2.75, 3.05) is 0 Å². The molecule has 0 radical (unpaired) electrons. The van der Waals surface area contributed by atoms with Crippen molar-refractivity contribution in [3.63, 3.8) is 0 Å². The number of rotatable bonds is 4. The van der Waals surface area contributed by atoms with Crippen LogP contribution in [-0.2, 0) is 18.0 Å². The smallest absolute Gasteiger partial charge is 0.393 e. The zero-order valence-corrected chi connectivity index (χ0v) is 18.0. The van der Waals surface area contributed by atoms with E-state index in [-0.39, 0.29) is 11.5 Å². The van der Waals surface area contributed by atoms with Crippen LogP contribution in [0.1, 0.15) is 42.6 Å². The Morgan fingerprint density at radius 1 is 0.939 bits per heavy atom. The molecule has 2 aromatic carbocycles. The van der Waals surface area contributed by atoms with Gasteiger partial charge in [-0.1, -0.05) is 41.6 Å². The predicted molar refractivity (Wildman–Crippen MR) is 115 cm³/mol. The van der Waals surface area contributed by atoms with Crippen LogP contribution < -0.4 is 0 Å². The minimum Gasteiger partial charge on any atom is -0.393 e. The van der Waals surface area contributed by atoms with Gasteiger partial charge in [0.15, 0.2) is 5.82 Å². The molecule has 0 unspecified atom stereocenters. The summed E-state index contributed by atoms with van der Waals surface area (Å²) in [6, 6.07) is 13.5. The first-order valence-corrected chi connectivity index (χ1v) is 11.5. The summed E-state index contributed by atoms with van der Waals surface area (Å²) in [5.41, 5.74) is 1.71. The van der Waals surface area contributed by atoms with Gasteiger partial charge in [0.1, 0.15) is 0 Å². The molecule has 8 heteroatoms. The molecule has 0 saturated heterocycles. The summed E-state index contributed by atoms with van der Waals surface area (Å²) >= 11 is 0. The number of halogens is 3. The molecule has 0 spiro atoms. The third-order valence-corrected chi connectivity index (χ3v) is 8.56. The van der Waals surface area contributed by atoms with Crippen molar-refractivity contribution in [2.45, 2.75) is 49.8 Å². The molecule has 0 amide bonds. The maximum atomic E-state index is 13.2. The quantitative estimate of drug-likeness (QED) is 0.594. The van der Waals surface area contributed by atoms with Crippen molar-refractivity contribution in [1.82, 2.24) is 20.6 Å². The molecule has 2 N–H and O–H groups in total. The van der Waals surface area contributed by atoms with Gasteiger partial charge in [-0.15, -0.1) is 10.2 Å². The first-order valence-electron chi connectivity index (χ1n) is 11.5. The van der Waals surface area contributed by atoms with Crippen molar-refractivity contribution in [3.05, 3.63) is 65.5 Å². The molecule has 1 aromatic heterocycles. The van der Waals surface area contributed by atoms with Gasteiger partial charge in [-0.05, 0) is 78.2 Å². The van der Waals surface area contributed by atoms with E-state index in [1.807, 2.05) is 12.1 Å². The Labute approximate surface area is 189 Å². The molecule has 5 nitrogen and oxygen atoms in total. The zero-order valence-electron chi connectivity index (χ0n) is 18.0. The fraction of sp³-hybridized carbons (Fsp3) is 0.480. The third-order valence-electron chi connectivity index (χ3n) is 8.56. The lowest BCUT2D eigenvalue weighted by Gasteiger charge is -2.63. The van der Waals surface area contributed by atoms with E-state index in [0.29, 0.717) is 41.5 Å². The van der Waals surface area contributed by atoms with Gasteiger partial charge in [0.2, 0.25) is 0 Å². The van der Waals surface area contributed by atoms with Crippen LogP contribution in [0.2, 0.25) is 0 Å². The number of hydrogen-bond acceptors (Lipinski definition) is 4. The first kappa shape index (κ1) is 20.8. The number of benzene rings is 2. The van der Waals surface area contributed by atoms with Gasteiger partial charge in [0.25, 0.3) is 0 Å². The average molecular weight is 454 g/mol. The van der Waals surface area contributed by atoms with E-state index in [4.69, 9.17) is 0 Å². The lowest BCUT2D eigenvalue weighted by molar-refractivity contribution is -0.137. The number of nitrogens with zero attached hydrogens (tertiary/aromatic N) is 3. The van der Waals surface area contributed by atoms with Crippen molar-refractivity contribution >= 4 is 0 Å². The Morgan fingerprint density at radius 2 is 1.61 bits per heavy atom. The minimum absolute atomic E-state index is 0.149. The summed E-state index contributed by atoms with van der Waals surface area (Å²) in [5.74, 6) is 2.23. The van der Waals surface area contributed by atoms with E-state index < -0.39 is 11.7 Å². The van der Waals surface area contributed by atoms with Crippen LogP contribution in [-0.4, -0.2) is 31.8 Å². The molecule has 4 bridgehead atoms. The van der Waals surface area contributed by atoms with E-state index >= 15 is 0 Å². The van der Waals surface area contributed by atoms with Crippen LogP contribution in [0, 0.1) is 23.7 Å². The van der Waals surface area contributed by atoms with Gasteiger partial charge in [0, 0.05) is 11.8 Å². The highest BCUT2D eigenvalue weighted by Gasteiger charge is 2.60. The van der Waals surface area contributed by atoms with E-state index in [2.05, 4.69) is 32.8 Å². The Morgan fingerprint density at radius 3 is 2.18 bits per heavy atom. The molecule has 4 fully saturated rings. The second-order valence-electron chi connectivity index (χ2n) is 10.0. The fourth-order valence-corrected chi connectivity index (χ4v) is 7.19. The number of aromatic nitrogens is 4. The Kier molecular flexibility index (Phi) is 4.66. The first-order chi connectivity index (χ1) is 15.8. The number of alkyl halides is 3. The number of nitrogens with one attached hydrogen (secondary N) is 1. The van der Waals surface area contributed by atoms with E-state index in [9.17, 15) is 18.3 Å². The number of tetrazole rings is 1. The van der Waals surface area contributed by atoms with Gasteiger partial charge in [-0.25, -0.2) is 0 Å². The maximum Gasteiger partial charge on any atom is 0.416 e. The summed E-state index contributed by atoms with van der Waals surface area (Å²) in [4.78, 5) is 0. The van der Waals surface area contributed by atoms with Crippen molar-refractivity contribution in [3.8, 4) is 11.1 Å². The van der Waals surface area contributed by atoms with Gasteiger partial charge < -0.3 is 5.11 Å². The summed E-state index contributed by atoms with van der Waals surface area (Å²) in [6.07, 6.45) is 0.0715. The van der Waals surface area contributed by atoms with Crippen LogP contribution in [0.15, 0.2) is 48.5 Å². The van der Waals surface area contributed by atoms with Gasteiger partial charge in [-0.2, -0.15) is 18.4 Å². The SMILES string of the molecule is OC1C2CC3CC1CC(C2)C3(Cc1nn[nH]n1)c1ccc(-c2cccc(C(F)(F)F)c2)cc1. The Hall–Kier alpha value is -2.74. The van der Waals surface area contributed by atoms with E-state index in [0.717, 1.165) is 37.3 Å². The molecule has 7 rings (SSSR count). The number of H-pyrrole nitrogens is 1. The monoisotopic (exact) mass is 454 g/mol. The summed E-state index contributed by atoms with van der Waals surface area (Å²) in [5, 5.41) is 25.5. The van der Waals surface area contributed by atoms with Crippen LogP contribution in [0.25, 0.3) is 11.1 Å². The van der Waals surface area contributed by atoms with Gasteiger partial charge in [0.05, 0.1) is 11.7 Å². The largest absolute Gasteiger partial charge is 0.416 e. The normalized spacial score (nSPS) is 32.9. The number of aliphatic hydroxyl groups excluding tert-OH is 1. The average Bonchev–Trinajstić information content (AvgIpc) is 3.30. The number of hydrogen-bond donors (Lipinski definition) is 2. The highest BCUT2D eigenvalue weighted by Crippen LogP contribution is 2.63. The highest BCUT2D eigenvalue weighted by atomic mass is 19.4. The van der Waals surface area contributed by atoms with Gasteiger partial charge >= 0.3 is 6.18 Å².